The molecule has 0 amide bonds. The second-order valence-corrected chi connectivity index (χ2v) is 8.21. The Morgan fingerprint density at radius 1 is 1.44 bits per heavy atom. The van der Waals surface area contributed by atoms with Gasteiger partial charge in [0.15, 0.2) is 16.1 Å². The summed E-state index contributed by atoms with van der Waals surface area (Å²) in [5, 5.41) is 10.7. The minimum Gasteiger partial charge on any atom is -0.298 e. The number of carbonyl (C=O) groups is 1. The number of thiophene rings is 1. The van der Waals surface area contributed by atoms with Crippen LogP contribution < -0.4 is 0 Å². The van der Waals surface area contributed by atoms with Crippen molar-refractivity contribution in [2.75, 3.05) is 0 Å². The van der Waals surface area contributed by atoms with Gasteiger partial charge >= 0.3 is 0 Å². The molecule has 0 saturated heterocycles. The van der Waals surface area contributed by atoms with Crippen molar-refractivity contribution in [2.24, 2.45) is 0 Å². The fraction of sp³-hybridized carbons (Fsp3) is 0.333. The van der Waals surface area contributed by atoms with E-state index in [0.717, 1.165) is 0 Å². The maximum absolute atomic E-state index is 12.1. The number of rotatable bonds is 3. The molecule has 1 aromatic rings. The lowest BCUT2D eigenvalue weighted by molar-refractivity contribution is 0.112. The monoisotopic (exact) mass is 283 g/mol. The molecule has 0 fully saturated rings. The van der Waals surface area contributed by atoms with Crippen LogP contribution in [0.4, 0.5) is 0 Å². The number of nitrogens with zero attached hydrogens (tertiary/aromatic N) is 1. The molecule has 0 radical (unpaired) electrons. The van der Waals surface area contributed by atoms with Gasteiger partial charge in [0.1, 0.15) is 11.0 Å². The van der Waals surface area contributed by atoms with Gasteiger partial charge in [-0.2, -0.15) is 5.26 Å². The Hall–Kier alpha value is -1.45. The average Bonchev–Trinajstić information content (AvgIpc) is 2.71. The summed E-state index contributed by atoms with van der Waals surface area (Å²) in [4.78, 5) is 10.9. The van der Waals surface area contributed by atoms with Crippen molar-refractivity contribution in [2.45, 2.75) is 25.5 Å². The van der Waals surface area contributed by atoms with Crippen LogP contribution in [-0.4, -0.2) is 19.5 Å². The number of sulfone groups is 1. The molecule has 6 heteroatoms. The molecule has 0 unspecified atom stereocenters. The summed E-state index contributed by atoms with van der Waals surface area (Å²) < 4.78 is 23.2. The maximum atomic E-state index is 12.1. The topological polar surface area (TPSA) is 75.0 Å². The number of nitriles is 1. The molecular formula is C12H13NO3S2. The van der Waals surface area contributed by atoms with Crippen molar-refractivity contribution in [1.29, 1.82) is 5.26 Å². The van der Waals surface area contributed by atoms with E-state index in [9.17, 15) is 13.2 Å². The van der Waals surface area contributed by atoms with Crippen molar-refractivity contribution in [3.8, 4) is 6.07 Å². The zero-order valence-electron chi connectivity index (χ0n) is 10.3. The van der Waals surface area contributed by atoms with Crippen molar-refractivity contribution in [3.05, 3.63) is 26.8 Å². The Labute approximate surface area is 110 Å². The van der Waals surface area contributed by atoms with Gasteiger partial charge in [0, 0.05) is 10.4 Å². The molecule has 1 heterocycles. The number of hydrogen-bond acceptors (Lipinski definition) is 5. The van der Waals surface area contributed by atoms with E-state index in [1.54, 1.807) is 17.5 Å². The fourth-order valence-electron chi connectivity index (χ4n) is 1.16. The van der Waals surface area contributed by atoms with E-state index in [-0.39, 0.29) is 4.91 Å². The second kappa shape index (κ2) is 5.04. The summed E-state index contributed by atoms with van der Waals surface area (Å²) in [7, 11) is -3.70. The van der Waals surface area contributed by atoms with E-state index in [2.05, 4.69) is 0 Å². The molecular weight excluding hydrogens is 270 g/mol. The van der Waals surface area contributed by atoms with E-state index in [0.29, 0.717) is 16.7 Å². The van der Waals surface area contributed by atoms with Crippen molar-refractivity contribution in [3.63, 3.8) is 0 Å². The first-order valence-electron chi connectivity index (χ1n) is 5.13. The Bertz CT molecular complexity index is 625. The summed E-state index contributed by atoms with van der Waals surface area (Å²) >= 11 is 1.22. The predicted octanol–water partition coefficient (Wildman–Crippen LogP) is 2.64. The first-order chi connectivity index (χ1) is 8.24. The van der Waals surface area contributed by atoms with Gasteiger partial charge in [-0.05, 0) is 38.3 Å². The molecule has 1 rings (SSSR count). The summed E-state index contributed by atoms with van der Waals surface area (Å²) in [6.45, 7) is 4.59. The summed E-state index contributed by atoms with van der Waals surface area (Å²) in [5.74, 6) is 0. The number of hydrogen-bond donors (Lipinski definition) is 0. The smallest absolute Gasteiger partial charge is 0.193 e. The van der Waals surface area contributed by atoms with Crippen LogP contribution in [-0.2, 0) is 9.84 Å². The molecule has 96 valence electrons. The molecule has 0 aliphatic rings. The molecule has 0 N–H and O–H groups in total. The van der Waals surface area contributed by atoms with Crippen LogP contribution in [0, 0.1) is 11.3 Å². The average molecular weight is 283 g/mol. The van der Waals surface area contributed by atoms with Crippen LogP contribution in [0.15, 0.2) is 16.4 Å². The highest BCUT2D eigenvalue weighted by molar-refractivity contribution is 7.97. The SMILES string of the molecule is CC(C)(C)S(=O)(=O)/C(C#N)=C/c1sccc1C=O. The van der Waals surface area contributed by atoms with E-state index in [1.807, 2.05) is 0 Å². The Kier molecular flexibility index (Phi) is 4.09. The van der Waals surface area contributed by atoms with Crippen LogP contribution in [0.25, 0.3) is 6.08 Å². The number of aldehydes is 1. The third kappa shape index (κ3) is 2.68. The van der Waals surface area contributed by atoms with Crippen LogP contribution in [0.3, 0.4) is 0 Å². The lowest BCUT2D eigenvalue weighted by Gasteiger charge is -2.18. The van der Waals surface area contributed by atoms with Crippen LogP contribution in [0.2, 0.25) is 0 Å². The zero-order chi connectivity index (χ0) is 14.0. The molecule has 0 aliphatic heterocycles. The standard InChI is InChI=1S/C12H13NO3S2/c1-12(2,3)18(15,16)10(7-13)6-11-9(8-14)4-5-17-11/h4-6,8H,1-3H3/b10-6+. The molecule has 0 atom stereocenters. The van der Waals surface area contributed by atoms with E-state index in [4.69, 9.17) is 5.26 Å². The molecule has 4 nitrogen and oxygen atoms in total. The highest BCUT2D eigenvalue weighted by Crippen LogP contribution is 2.27. The van der Waals surface area contributed by atoms with Crippen molar-refractivity contribution >= 4 is 33.5 Å². The van der Waals surface area contributed by atoms with Crippen LogP contribution in [0.1, 0.15) is 36.0 Å². The van der Waals surface area contributed by atoms with Gasteiger partial charge in [0.05, 0.1) is 4.75 Å². The molecule has 18 heavy (non-hydrogen) atoms. The molecule has 0 aromatic carbocycles. The third-order valence-electron chi connectivity index (χ3n) is 2.32. The van der Waals surface area contributed by atoms with Gasteiger partial charge in [-0.15, -0.1) is 11.3 Å². The van der Waals surface area contributed by atoms with Gasteiger partial charge in [0.2, 0.25) is 0 Å². The first kappa shape index (κ1) is 14.6. The predicted molar refractivity (Wildman–Crippen MR) is 72.0 cm³/mol. The van der Waals surface area contributed by atoms with Gasteiger partial charge in [0.25, 0.3) is 0 Å². The van der Waals surface area contributed by atoms with Crippen molar-refractivity contribution < 1.29 is 13.2 Å². The molecule has 0 spiro atoms. The highest BCUT2D eigenvalue weighted by atomic mass is 32.2. The van der Waals surface area contributed by atoms with Crippen molar-refractivity contribution in [1.82, 2.24) is 0 Å². The first-order valence-corrected chi connectivity index (χ1v) is 7.49. The van der Waals surface area contributed by atoms with Crippen LogP contribution >= 0.6 is 11.3 Å². The number of carbonyl (C=O) groups excluding carboxylic acids is 1. The minimum absolute atomic E-state index is 0.319. The summed E-state index contributed by atoms with van der Waals surface area (Å²) in [6.07, 6.45) is 1.90. The normalized spacial score (nSPS) is 13.1. The summed E-state index contributed by atoms with van der Waals surface area (Å²) in [5.41, 5.74) is 0.386. The Morgan fingerprint density at radius 3 is 2.50 bits per heavy atom. The van der Waals surface area contributed by atoms with Crippen LogP contribution in [0.5, 0.6) is 0 Å². The third-order valence-corrected chi connectivity index (χ3v) is 5.60. The maximum Gasteiger partial charge on any atom is 0.193 e. The van der Waals surface area contributed by atoms with E-state index < -0.39 is 14.6 Å². The molecule has 0 saturated carbocycles. The lowest BCUT2D eigenvalue weighted by Crippen LogP contribution is -2.28. The van der Waals surface area contributed by atoms with Gasteiger partial charge < -0.3 is 0 Å². The molecule has 0 bridgehead atoms. The van der Waals surface area contributed by atoms with E-state index in [1.165, 1.54) is 38.2 Å². The largest absolute Gasteiger partial charge is 0.298 e. The Morgan fingerprint density at radius 2 is 2.06 bits per heavy atom. The fourth-order valence-corrected chi connectivity index (χ4v) is 3.09. The van der Waals surface area contributed by atoms with Gasteiger partial charge in [-0.3, -0.25) is 4.79 Å². The minimum atomic E-state index is -3.70. The van der Waals surface area contributed by atoms with Gasteiger partial charge in [-0.25, -0.2) is 8.42 Å². The lowest BCUT2D eigenvalue weighted by atomic mass is 10.2. The number of allylic oxidation sites excluding steroid dienone is 1. The highest BCUT2D eigenvalue weighted by Gasteiger charge is 2.33. The Balaban J connectivity index is 3.38. The quantitative estimate of drug-likeness (QED) is 0.631. The molecule has 0 aliphatic carbocycles. The zero-order valence-corrected chi connectivity index (χ0v) is 11.9. The summed E-state index contributed by atoms with van der Waals surface area (Å²) in [6, 6.07) is 3.29. The van der Waals surface area contributed by atoms with Gasteiger partial charge in [-0.1, -0.05) is 0 Å². The van der Waals surface area contributed by atoms with E-state index >= 15 is 0 Å². The second-order valence-electron chi connectivity index (χ2n) is 4.59. The molecule has 1 aromatic heterocycles.